The van der Waals surface area contributed by atoms with Crippen LogP contribution in [-0.4, -0.2) is 30.3 Å². The van der Waals surface area contributed by atoms with Crippen molar-refractivity contribution in [3.63, 3.8) is 0 Å². The van der Waals surface area contributed by atoms with E-state index in [1.54, 1.807) is 0 Å². The number of rotatable bonds is 1. The van der Waals surface area contributed by atoms with Crippen molar-refractivity contribution in [1.29, 1.82) is 0 Å². The van der Waals surface area contributed by atoms with Gasteiger partial charge in [0.15, 0.2) is 0 Å². The van der Waals surface area contributed by atoms with E-state index in [2.05, 4.69) is 5.32 Å². The molecular formula is C7H8F3NO2. The van der Waals surface area contributed by atoms with Crippen LogP contribution in [0.4, 0.5) is 13.2 Å². The molecule has 0 radical (unpaired) electrons. The average Bonchev–Trinajstić information content (AvgIpc) is 2.51. The molecule has 2 N–H and O–H groups in total. The molecule has 0 aromatic heterocycles. The maximum atomic E-state index is 12.5. The second kappa shape index (κ2) is 2.00. The molecule has 0 unspecified atom stereocenters. The molecule has 0 spiro atoms. The number of fused-ring (bicyclic) bond motifs is 1. The van der Waals surface area contributed by atoms with Gasteiger partial charge in [0.25, 0.3) is 0 Å². The van der Waals surface area contributed by atoms with E-state index in [1.165, 1.54) is 0 Å². The zero-order valence-electron chi connectivity index (χ0n) is 6.61. The van der Waals surface area contributed by atoms with E-state index >= 15 is 0 Å². The zero-order chi connectivity index (χ0) is 9.91. The summed E-state index contributed by atoms with van der Waals surface area (Å²) in [4.78, 5) is 10.7. The maximum absolute atomic E-state index is 12.5. The van der Waals surface area contributed by atoms with Gasteiger partial charge in [0.05, 0.1) is 10.8 Å². The molecule has 0 amide bonds. The fourth-order valence-corrected chi connectivity index (χ4v) is 2.25. The van der Waals surface area contributed by atoms with Crippen molar-refractivity contribution >= 4 is 5.97 Å². The number of piperidine rings is 1. The first kappa shape index (κ1) is 8.80. The minimum absolute atomic E-state index is 0.0676. The largest absolute Gasteiger partial charge is 0.481 e. The number of nitrogens with one attached hydrogen (secondary N) is 1. The Balaban J connectivity index is 2.35. The molecule has 0 bridgehead atoms. The first-order valence-electron chi connectivity index (χ1n) is 3.87. The van der Waals surface area contributed by atoms with Crippen molar-refractivity contribution in [2.75, 3.05) is 13.1 Å². The van der Waals surface area contributed by atoms with E-state index < -0.39 is 23.0 Å². The fourth-order valence-electron chi connectivity index (χ4n) is 2.25. The highest BCUT2D eigenvalue weighted by Gasteiger charge is 2.85. The van der Waals surface area contributed by atoms with Crippen LogP contribution in [0.25, 0.3) is 0 Å². The number of hydrogen-bond donors (Lipinski definition) is 2. The van der Waals surface area contributed by atoms with Crippen molar-refractivity contribution in [3.05, 3.63) is 0 Å². The third-order valence-corrected chi connectivity index (χ3v) is 3.20. The molecule has 0 aromatic rings. The Morgan fingerprint density at radius 2 is 2.00 bits per heavy atom. The van der Waals surface area contributed by atoms with Gasteiger partial charge in [-0.25, -0.2) is 0 Å². The number of halogens is 3. The Morgan fingerprint density at radius 3 is 2.31 bits per heavy atom. The third-order valence-electron chi connectivity index (χ3n) is 3.20. The minimum Gasteiger partial charge on any atom is -0.481 e. The molecule has 3 nitrogen and oxygen atoms in total. The third kappa shape index (κ3) is 0.769. The SMILES string of the molecule is O=C(O)[C@]12CNC[C@]1(C(F)(F)F)C2. The topological polar surface area (TPSA) is 49.3 Å². The molecule has 2 rings (SSSR count). The normalized spacial score (nSPS) is 43.0. The molecular weight excluding hydrogens is 187 g/mol. The van der Waals surface area contributed by atoms with Gasteiger partial charge in [-0.1, -0.05) is 0 Å². The van der Waals surface area contributed by atoms with Gasteiger partial charge >= 0.3 is 12.1 Å². The van der Waals surface area contributed by atoms with Gasteiger partial charge < -0.3 is 10.4 Å². The Labute approximate surface area is 71.9 Å². The summed E-state index contributed by atoms with van der Waals surface area (Å²) in [5, 5.41) is 11.2. The van der Waals surface area contributed by atoms with Crippen LogP contribution < -0.4 is 5.32 Å². The predicted molar refractivity (Wildman–Crippen MR) is 36.0 cm³/mol. The van der Waals surface area contributed by atoms with Crippen LogP contribution in [0.1, 0.15) is 6.42 Å². The summed E-state index contributed by atoms with van der Waals surface area (Å²) in [5.41, 5.74) is -3.57. The van der Waals surface area contributed by atoms with Crippen LogP contribution in [-0.2, 0) is 4.79 Å². The van der Waals surface area contributed by atoms with Gasteiger partial charge in [0.1, 0.15) is 0 Å². The molecule has 13 heavy (non-hydrogen) atoms. The molecule has 2 atom stereocenters. The zero-order valence-corrected chi connectivity index (χ0v) is 6.61. The summed E-state index contributed by atoms with van der Waals surface area (Å²) in [6.45, 7) is -0.329. The molecule has 0 aromatic carbocycles. The predicted octanol–water partition coefficient (Wildman–Crippen LogP) is 0.613. The van der Waals surface area contributed by atoms with Crippen LogP contribution in [0.2, 0.25) is 0 Å². The lowest BCUT2D eigenvalue weighted by molar-refractivity contribution is -0.195. The van der Waals surface area contributed by atoms with Crippen molar-refractivity contribution < 1.29 is 23.1 Å². The molecule has 2 aliphatic rings. The monoisotopic (exact) mass is 195 g/mol. The summed E-state index contributed by atoms with van der Waals surface area (Å²) < 4.78 is 37.5. The van der Waals surface area contributed by atoms with E-state index in [9.17, 15) is 18.0 Å². The number of carboxylic acid groups (broad SMARTS) is 1. The lowest BCUT2D eigenvalue weighted by atomic mass is 9.96. The summed E-state index contributed by atoms with van der Waals surface area (Å²) in [6, 6.07) is 0. The minimum atomic E-state index is -4.41. The first-order chi connectivity index (χ1) is 5.86. The fraction of sp³-hybridized carbons (Fsp3) is 0.857. The van der Waals surface area contributed by atoms with Crippen LogP contribution in [0, 0.1) is 10.8 Å². The lowest BCUT2D eigenvalue weighted by Crippen LogP contribution is -2.34. The first-order valence-corrected chi connectivity index (χ1v) is 3.87. The summed E-state index contributed by atoms with van der Waals surface area (Å²) in [7, 11) is 0. The van der Waals surface area contributed by atoms with E-state index in [4.69, 9.17) is 5.11 Å². The summed E-state index contributed by atoms with van der Waals surface area (Å²) in [6.07, 6.45) is -4.68. The molecule has 2 fully saturated rings. The second-order valence-corrected chi connectivity index (χ2v) is 3.75. The number of aliphatic carboxylic acids is 1. The van der Waals surface area contributed by atoms with Gasteiger partial charge in [-0.2, -0.15) is 13.2 Å². The Bertz CT molecular complexity index is 277. The summed E-state index contributed by atoms with van der Waals surface area (Å²) in [5.74, 6) is -1.34. The molecule has 1 saturated heterocycles. The van der Waals surface area contributed by atoms with Gasteiger partial charge in [-0.15, -0.1) is 0 Å². The highest BCUT2D eigenvalue weighted by Crippen LogP contribution is 2.72. The highest BCUT2D eigenvalue weighted by molar-refractivity contribution is 5.81. The molecule has 1 saturated carbocycles. The van der Waals surface area contributed by atoms with Gasteiger partial charge in [0.2, 0.25) is 0 Å². The van der Waals surface area contributed by atoms with Crippen molar-refractivity contribution in [3.8, 4) is 0 Å². The standard InChI is InChI=1S/C7H8F3NO2/c8-7(9,10)6-1-5(6,4(12)13)2-11-3-6/h11H,1-3H2,(H,12,13)/t5-,6+/m0/s1. The van der Waals surface area contributed by atoms with Crippen LogP contribution in [0.3, 0.4) is 0 Å². The van der Waals surface area contributed by atoms with Gasteiger partial charge in [-0.05, 0) is 6.42 Å². The number of carboxylic acids is 1. The van der Waals surface area contributed by atoms with E-state index in [-0.39, 0.29) is 19.5 Å². The number of alkyl halides is 3. The quantitative estimate of drug-likeness (QED) is 0.644. The number of hydrogen-bond acceptors (Lipinski definition) is 2. The summed E-state index contributed by atoms with van der Waals surface area (Å²) >= 11 is 0. The molecule has 1 heterocycles. The van der Waals surface area contributed by atoms with Crippen LogP contribution in [0.15, 0.2) is 0 Å². The Kier molecular flexibility index (Phi) is 1.35. The number of carbonyl (C=O) groups is 1. The molecule has 1 aliphatic carbocycles. The Morgan fingerprint density at radius 1 is 1.38 bits per heavy atom. The van der Waals surface area contributed by atoms with Crippen molar-refractivity contribution in [2.45, 2.75) is 12.6 Å². The van der Waals surface area contributed by atoms with Crippen molar-refractivity contribution in [2.24, 2.45) is 10.8 Å². The molecule has 1 aliphatic heterocycles. The van der Waals surface area contributed by atoms with Crippen molar-refractivity contribution in [1.82, 2.24) is 5.32 Å². The smallest absolute Gasteiger partial charge is 0.396 e. The molecule has 6 heteroatoms. The Hall–Kier alpha value is -0.780. The second-order valence-electron chi connectivity index (χ2n) is 3.75. The van der Waals surface area contributed by atoms with E-state index in [1.807, 2.05) is 0 Å². The van der Waals surface area contributed by atoms with E-state index in [0.29, 0.717) is 0 Å². The van der Waals surface area contributed by atoms with Gasteiger partial charge in [-0.3, -0.25) is 4.79 Å². The van der Waals surface area contributed by atoms with Gasteiger partial charge in [0, 0.05) is 13.1 Å². The highest BCUT2D eigenvalue weighted by atomic mass is 19.4. The van der Waals surface area contributed by atoms with E-state index in [0.717, 1.165) is 0 Å². The van der Waals surface area contributed by atoms with Crippen LogP contribution in [0.5, 0.6) is 0 Å². The molecule has 74 valence electrons. The average molecular weight is 195 g/mol. The van der Waals surface area contributed by atoms with Crippen LogP contribution >= 0.6 is 0 Å². The maximum Gasteiger partial charge on any atom is 0.396 e. The lowest BCUT2D eigenvalue weighted by Gasteiger charge is -2.17.